The minimum absolute atomic E-state index is 0.0480. The van der Waals surface area contributed by atoms with Crippen LogP contribution < -0.4 is 0 Å². The van der Waals surface area contributed by atoms with Gasteiger partial charge in [-0.1, -0.05) is 18.2 Å². The molecule has 25 heavy (non-hydrogen) atoms. The van der Waals surface area contributed by atoms with Gasteiger partial charge in [0.2, 0.25) is 0 Å². The highest BCUT2D eigenvalue weighted by Gasteiger charge is 2.30. The number of piperidine rings is 1. The van der Waals surface area contributed by atoms with Crippen LogP contribution in [0.1, 0.15) is 29.8 Å². The highest BCUT2D eigenvalue weighted by molar-refractivity contribution is 6.05. The Morgan fingerprint density at radius 3 is 2.68 bits per heavy atom. The van der Waals surface area contributed by atoms with Gasteiger partial charge >= 0.3 is 6.09 Å². The number of carbonyl (C=O) groups is 2. The number of nitrogens with zero attached hydrogens (tertiary/aromatic N) is 4. The zero-order chi connectivity index (χ0) is 17.4. The SMILES string of the molecule is O=C(O)N1CCC(CN2CCCn3nc4ccccc4c3C2=O)CC1. The smallest absolute Gasteiger partial charge is 0.407 e. The first-order valence-electron chi connectivity index (χ1n) is 8.86. The maximum Gasteiger partial charge on any atom is 0.407 e. The number of benzene rings is 1. The Kier molecular flexibility index (Phi) is 4.07. The zero-order valence-corrected chi connectivity index (χ0v) is 14.1. The van der Waals surface area contributed by atoms with Crippen molar-refractivity contribution in [3.05, 3.63) is 30.0 Å². The molecule has 132 valence electrons. The first kappa shape index (κ1) is 15.9. The van der Waals surface area contributed by atoms with Crippen molar-refractivity contribution in [2.75, 3.05) is 26.2 Å². The van der Waals surface area contributed by atoms with Crippen molar-refractivity contribution < 1.29 is 14.7 Å². The number of fused-ring (bicyclic) bond motifs is 3. The molecule has 0 bridgehead atoms. The summed E-state index contributed by atoms with van der Waals surface area (Å²) in [6.07, 6.45) is 1.67. The van der Waals surface area contributed by atoms with Gasteiger partial charge in [-0.3, -0.25) is 9.48 Å². The van der Waals surface area contributed by atoms with Gasteiger partial charge in [-0.2, -0.15) is 5.10 Å². The monoisotopic (exact) mass is 342 g/mol. The first-order valence-corrected chi connectivity index (χ1v) is 8.86. The Labute approximate surface area is 145 Å². The topological polar surface area (TPSA) is 78.7 Å². The fourth-order valence-electron chi connectivity index (χ4n) is 3.92. The number of rotatable bonds is 2. The fourth-order valence-corrected chi connectivity index (χ4v) is 3.92. The zero-order valence-electron chi connectivity index (χ0n) is 14.1. The average Bonchev–Trinajstić information content (AvgIpc) is 2.91. The number of carboxylic acid groups (broad SMARTS) is 1. The number of amides is 2. The second-order valence-corrected chi connectivity index (χ2v) is 6.91. The van der Waals surface area contributed by atoms with E-state index in [4.69, 9.17) is 5.11 Å². The van der Waals surface area contributed by atoms with E-state index in [0.717, 1.165) is 43.3 Å². The van der Waals surface area contributed by atoms with E-state index < -0.39 is 6.09 Å². The van der Waals surface area contributed by atoms with E-state index in [9.17, 15) is 9.59 Å². The van der Waals surface area contributed by atoms with Crippen LogP contribution in [0.2, 0.25) is 0 Å². The predicted molar refractivity (Wildman–Crippen MR) is 92.6 cm³/mol. The van der Waals surface area contributed by atoms with Crippen molar-refractivity contribution in [3.8, 4) is 0 Å². The summed E-state index contributed by atoms with van der Waals surface area (Å²) in [6, 6.07) is 7.78. The normalized spacial score (nSPS) is 19.1. The van der Waals surface area contributed by atoms with Crippen molar-refractivity contribution in [1.29, 1.82) is 0 Å². The largest absolute Gasteiger partial charge is 0.465 e. The summed E-state index contributed by atoms with van der Waals surface area (Å²) in [7, 11) is 0. The van der Waals surface area contributed by atoms with E-state index >= 15 is 0 Å². The van der Waals surface area contributed by atoms with Gasteiger partial charge in [-0.15, -0.1) is 0 Å². The molecular formula is C18H22N4O3. The van der Waals surface area contributed by atoms with Gasteiger partial charge in [0.1, 0.15) is 5.69 Å². The van der Waals surface area contributed by atoms with Gasteiger partial charge in [0.05, 0.1) is 5.52 Å². The van der Waals surface area contributed by atoms with Crippen LogP contribution in [0.15, 0.2) is 24.3 Å². The standard InChI is InChI=1S/C18H22N4O3/c23-17-16-14-4-1-2-5-15(14)19-22(16)9-3-8-21(17)12-13-6-10-20(11-7-13)18(24)25/h1-2,4-5,13H,3,6-12H2,(H,24,25). The number of hydrogen-bond acceptors (Lipinski definition) is 3. The molecule has 0 aliphatic carbocycles. The molecule has 3 heterocycles. The van der Waals surface area contributed by atoms with Crippen molar-refractivity contribution >= 4 is 22.9 Å². The van der Waals surface area contributed by atoms with Gasteiger partial charge in [0, 0.05) is 38.1 Å². The van der Waals surface area contributed by atoms with Gasteiger partial charge in [0.25, 0.3) is 5.91 Å². The molecule has 7 heteroatoms. The lowest BCUT2D eigenvalue weighted by atomic mass is 9.96. The third kappa shape index (κ3) is 2.94. The number of hydrogen-bond donors (Lipinski definition) is 1. The fraction of sp³-hybridized carbons (Fsp3) is 0.500. The van der Waals surface area contributed by atoms with Gasteiger partial charge in [-0.25, -0.2) is 4.79 Å². The lowest BCUT2D eigenvalue weighted by Gasteiger charge is -2.33. The van der Waals surface area contributed by atoms with E-state index in [1.54, 1.807) is 0 Å². The summed E-state index contributed by atoms with van der Waals surface area (Å²) >= 11 is 0. The summed E-state index contributed by atoms with van der Waals surface area (Å²) in [5, 5.41) is 14.6. The molecule has 2 aliphatic rings. The van der Waals surface area contributed by atoms with E-state index in [1.807, 2.05) is 33.8 Å². The molecule has 0 spiro atoms. The molecule has 1 N–H and O–H groups in total. The van der Waals surface area contributed by atoms with Crippen molar-refractivity contribution in [2.45, 2.75) is 25.8 Å². The quantitative estimate of drug-likeness (QED) is 0.908. The van der Waals surface area contributed by atoms with Crippen molar-refractivity contribution in [3.63, 3.8) is 0 Å². The lowest BCUT2D eigenvalue weighted by molar-refractivity contribution is 0.0688. The van der Waals surface area contributed by atoms with Crippen molar-refractivity contribution in [2.24, 2.45) is 5.92 Å². The molecule has 2 aromatic rings. The molecule has 0 radical (unpaired) electrons. The third-order valence-electron chi connectivity index (χ3n) is 5.30. The first-order chi connectivity index (χ1) is 12.1. The van der Waals surface area contributed by atoms with Crippen LogP contribution in [0, 0.1) is 5.92 Å². The molecule has 2 aliphatic heterocycles. The Morgan fingerprint density at radius 1 is 1.16 bits per heavy atom. The van der Waals surface area contributed by atoms with Crippen LogP contribution in [0.4, 0.5) is 4.79 Å². The summed E-state index contributed by atoms with van der Waals surface area (Å²) < 4.78 is 1.85. The van der Waals surface area contributed by atoms with E-state index in [2.05, 4.69) is 5.10 Å². The van der Waals surface area contributed by atoms with Gasteiger partial charge < -0.3 is 14.9 Å². The minimum atomic E-state index is -0.848. The third-order valence-corrected chi connectivity index (χ3v) is 5.30. The molecule has 7 nitrogen and oxygen atoms in total. The molecule has 1 saturated heterocycles. The van der Waals surface area contributed by atoms with Crippen LogP contribution in [-0.2, 0) is 6.54 Å². The Balaban J connectivity index is 1.52. The van der Waals surface area contributed by atoms with Crippen LogP contribution in [0.3, 0.4) is 0 Å². The summed E-state index contributed by atoms with van der Waals surface area (Å²) in [4.78, 5) is 27.6. The van der Waals surface area contributed by atoms with E-state index in [-0.39, 0.29) is 5.91 Å². The summed E-state index contributed by atoms with van der Waals surface area (Å²) in [5.74, 6) is 0.409. The average molecular weight is 342 g/mol. The molecule has 0 atom stereocenters. The molecule has 0 unspecified atom stereocenters. The summed E-state index contributed by atoms with van der Waals surface area (Å²) in [6.45, 7) is 3.30. The molecular weight excluding hydrogens is 320 g/mol. The Morgan fingerprint density at radius 2 is 1.92 bits per heavy atom. The van der Waals surface area contributed by atoms with Crippen LogP contribution in [0.5, 0.6) is 0 Å². The number of aryl methyl sites for hydroxylation is 1. The molecule has 4 rings (SSSR count). The molecule has 1 aromatic carbocycles. The molecule has 2 amide bonds. The van der Waals surface area contributed by atoms with Crippen LogP contribution in [-0.4, -0.2) is 62.9 Å². The minimum Gasteiger partial charge on any atom is -0.465 e. The van der Waals surface area contributed by atoms with Crippen LogP contribution >= 0.6 is 0 Å². The molecule has 1 fully saturated rings. The highest BCUT2D eigenvalue weighted by Crippen LogP contribution is 2.25. The Hall–Kier alpha value is -2.57. The van der Waals surface area contributed by atoms with Gasteiger partial charge in [0.15, 0.2) is 0 Å². The molecule has 1 aromatic heterocycles. The van der Waals surface area contributed by atoms with E-state index in [0.29, 0.717) is 31.2 Å². The summed E-state index contributed by atoms with van der Waals surface area (Å²) in [5.41, 5.74) is 1.55. The second kappa shape index (κ2) is 6.38. The highest BCUT2D eigenvalue weighted by atomic mass is 16.4. The predicted octanol–water partition coefficient (Wildman–Crippen LogP) is 2.27. The Bertz CT molecular complexity index is 808. The van der Waals surface area contributed by atoms with Gasteiger partial charge in [-0.05, 0) is 31.2 Å². The van der Waals surface area contributed by atoms with E-state index in [1.165, 1.54) is 4.90 Å². The maximum atomic E-state index is 13.1. The lowest BCUT2D eigenvalue weighted by Crippen LogP contribution is -2.42. The van der Waals surface area contributed by atoms with Crippen molar-refractivity contribution in [1.82, 2.24) is 19.6 Å². The van der Waals surface area contributed by atoms with Crippen LogP contribution in [0.25, 0.3) is 10.9 Å². The molecule has 0 saturated carbocycles. The second-order valence-electron chi connectivity index (χ2n) is 6.91. The number of carbonyl (C=O) groups excluding carboxylic acids is 1. The number of likely N-dealkylation sites (tertiary alicyclic amines) is 1. The maximum absolute atomic E-state index is 13.1. The number of aromatic nitrogens is 2.